The van der Waals surface area contributed by atoms with Crippen molar-refractivity contribution >= 4 is 5.97 Å². The largest absolute Gasteiger partial charge is 1.00 e. The molecule has 0 radical (unpaired) electrons. The quantitative estimate of drug-likeness (QED) is 0.474. The molecule has 0 spiro atoms. The Hall–Kier alpha value is -0.0400. The first-order valence-electron chi connectivity index (χ1n) is 2.78. The molecule has 0 rings (SSSR count). The van der Waals surface area contributed by atoms with Gasteiger partial charge in [0.15, 0.2) is 0 Å². The summed E-state index contributed by atoms with van der Waals surface area (Å²) in [4.78, 5) is 9.91. The van der Waals surface area contributed by atoms with E-state index in [1.54, 1.807) is 6.92 Å². The first kappa shape index (κ1) is 12.6. The van der Waals surface area contributed by atoms with E-state index in [2.05, 4.69) is 0 Å². The van der Waals surface area contributed by atoms with Crippen LogP contribution in [-0.2, 0) is 4.79 Å². The van der Waals surface area contributed by atoms with Crippen molar-refractivity contribution in [1.29, 1.82) is 5.26 Å². The van der Waals surface area contributed by atoms with Crippen LogP contribution < -0.4 is 29.6 Å². The predicted octanol–water partition coefficient (Wildman–Crippen LogP) is -1.99. The zero-order valence-corrected chi connectivity index (χ0v) is 8.29. The number of carbonyl (C=O) groups is 1. The van der Waals surface area contributed by atoms with E-state index in [-0.39, 0.29) is 41.9 Å². The van der Waals surface area contributed by atoms with Gasteiger partial charge in [-0.3, -0.25) is 4.79 Å². The van der Waals surface area contributed by atoms with Crippen molar-refractivity contribution in [1.82, 2.24) is 0 Å². The fourth-order valence-electron chi connectivity index (χ4n) is 0.405. The second kappa shape index (κ2) is 7.07. The molecule has 50 valence electrons. The molecule has 1 unspecified atom stereocenters. The second-order valence-corrected chi connectivity index (χ2v) is 1.96. The van der Waals surface area contributed by atoms with Gasteiger partial charge in [-0.25, -0.2) is 0 Å². The van der Waals surface area contributed by atoms with Crippen LogP contribution >= 0.6 is 0 Å². The second-order valence-electron chi connectivity index (χ2n) is 1.96. The van der Waals surface area contributed by atoms with Gasteiger partial charge in [0.1, 0.15) is 0 Å². The third-order valence-electron chi connectivity index (χ3n) is 1.01. The van der Waals surface area contributed by atoms with Gasteiger partial charge in [0, 0.05) is 12.3 Å². The number of hydrogen-bond acceptors (Lipinski definition) is 2. The third kappa shape index (κ3) is 7.96. The molecule has 10 heavy (non-hydrogen) atoms. The maximum atomic E-state index is 9.91. The normalized spacial score (nSPS) is 10.8. The summed E-state index contributed by atoms with van der Waals surface area (Å²) in [6.45, 7) is 1.71. The van der Waals surface area contributed by atoms with Crippen LogP contribution in [0, 0.1) is 17.2 Å². The summed E-state index contributed by atoms with van der Waals surface area (Å²) in [7, 11) is 0. The van der Waals surface area contributed by atoms with Crippen LogP contribution in [0.2, 0.25) is 0 Å². The number of aliphatic carboxylic acids is 1. The Bertz CT molecular complexity index is 141. The number of rotatable bonds is 3. The molecule has 0 aliphatic rings. The average molecular weight is 150 g/mol. The zero-order chi connectivity index (χ0) is 7.28. The van der Waals surface area contributed by atoms with Gasteiger partial charge >= 0.3 is 35.5 Å². The zero-order valence-electron chi connectivity index (χ0n) is 6.29. The van der Waals surface area contributed by atoms with Gasteiger partial charge in [0.2, 0.25) is 0 Å². The van der Waals surface area contributed by atoms with E-state index < -0.39 is 5.97 Å². The third-order valence-corrected chi connectivity index (χ3v) is 1.01. The summed E-state index contributed by atoms with van der Waals surface area (Å²) >= 11 is 0. The fourth-order valence-corrected chi connectivity index (χ4v) is 0.405. The number of nitriles is 1. The topological polar surface area (TPSA) is 61.1 Å². The molecule has 0 fully saturated rings. The molecule has 0 aromatic carbocycles. The summed E-state index contributed by atoms with van der Waals surface area (Å²) in [6, 6.07) is 1.96. The fraction of sp³-hybridized carbons (Fsp3) is 0.667. The Morgan fingerprint density at radius 1 is 1.80 bits per heavy atom. The van der Waals surface area contributed by atoms with E-state index in [9.17, 15) is 4.79 Å². The van der Waals surface area contributed by atoms with Crippen LogP contribution in [0.4, 0.5) is 0 Å². The molecule has 3 nitrogen and oxygen atoms in total. The Kier molecular flexibility index (Phi) is 8.92. The maximum Gasteiger partial charge on any atom is 1.00 e. The van der Waals surface area contributed by atoms with Crippen LogP contribution in [0.25, 0.3) is 0 Å². The predicted molar refractivity (Wildman–Crippen MR) is 31.6 cm³/mol. The number of carboxylic acids is 1. The maximum absolute atomic E-state index is 9.91. The summed E-state index contributed by atoms with van der Waals surface area (Å²) in [5.74, 6) is -0.974. The van der Waals surface area contributed by atoms with Crippen molar-refractivity contribution in [2.45, 2.75) is 19.8 Å². The summed E-state index contributed by atoms with van der Waals surface area (Å²) in [6.07, 6.45) is 0.542. The van der Waals surface area contributed by atoms with Crippen molar-refractivity contribution in [2.24, 2.45) is 5.92 Å². The SMILES string of the molecule is CC(C#N)CCC(=O)O.[Na+]. The van der Waals surface area contributed by atoms with E-state index in [1.165, 1.54) is 0 Å². The minimum atomic E-state index is -0.836. The Balaban J connectivity index is 0. The molecule has 0 saturated heterocycles. The Morgan fingerprint density at radius 2 is 2.30 bits per heavy atom. The van der Waals surface area contributed by atoms with Crippen molar-refractivity contribution < 1.29 is 39.5 Å². The molecule has 0 aliphatic carbocycles. The van der Waals surface area contributed by atoms with Crippen molar-refractivity contribution in [3.8, 4) is 6.07 Å². The summed E-state index contributed by atoms with van der Waals surface area (Å²) in [5.41, 5.74) is 0. The van der Waals surface area contributed by atoms with Gasteiger partial charge in [-0.15, -0.1) is 0 Å². The molecule has 0 saturated carbocycles. The van der Waals surface area contributed by atoms with Crippen LogP contribution in [0.15, 0.2) is 0 Å². The number of carboxylic acid groups (broad SMARTS) is 1. The van der Waals surface area contributed by atoms with Crippen molar-refractivity contribution in [3.63, 3.8) is 0 Å². The van der Waals surface area contributed by atoms with Crippen molar-refractivity contribution in [2.75, 3.05) is 0 Å². The van der Waals surface area contributed by atoms with Crippen LogP contribution in [0.5, 0.6) is 0 Å². The summed E-state index contributed by atoms with van der Waals surface area (Å²) in [5, 5.41) is 16.4. The Labute approximate surface area is 82.3 Å². The van der Waals surface area contributed by atoms with Gasteiger partial charge in [0.05, 0.1) is 6.07 Å². The van der Waals surface area contributed by atoms with Crippen molar-refractivity contribution in [3.05, 3.63) is 0 Å². The molecule has 0 aliphatic heterocycles. The van der Waals surface area contributed by atoms with Gasteiger partial charge in [-0.2, -0.15) is 5.26 Å². The molecule has 0 heterocycles. The minimum Gasteiger partial charge on any atom is -0.481 e. The smallest absolute Gasteiger partial charge is 0.481 e. The standard InChI is InChI=1S/C6H9NO2.Na/c1-5(4-7)2-3-6(8)9;/h5H,2-3H2,1H3,(H,8,9);/q;+1. The summed E-state index contributed by atoms with van der Waals surface area (Å²) < 4.78 is 0. The molecule has 0 aromatic heterocycles. The van der Waals surface area contributed by atoms with E-state index >= 15 is 0 Å². The van der Waals surface area contributed by atoms with E-state index in [0.717, 1.165) is 0 Å². The first-order chi connectivity index (χ1) is 4.16. The molecular weight excluding hydrogens is 141 g/mol. The average Bonchev–Trinajstić information content (AvgIpc) is 1.83. The van der Waals surface area contributed by atoms with Crippen LogP contribution in [0.3, 0.4) is 0 Å². The monoisotopic (exact) mass is 150 g/mol. The Morgan fingerprint density at radius 3 is 2.60 bits per heavy atom. The molecule has 0 aromatic rings. The molecule has 0 amide bonds. The molecule has 0 bridgehead atoms. The van der Waals surface area contributed by atoms with Gasteiger partial charge in [-0.05, 0) is 13.3 Å². The van der Waals surface area contributed by atoms with E-state index in [4.69, 9.17) is 10.4 Å². The number of nitrogens with zero attached hydrogens (tertiary/aromatic N) is 1. The van der Waals surface area contributed by atoms with Gasteiger partial charge in [-0.1, -0.05) is 0 Å². The van der Waals surface area contributed by atoms with Crippen LogP contribution in [0.1, 0.15) is 19.8 Å². The molecule has 1 atom stereocenters. The molecular formula is C6H9NNaO2+. The van der Waals surface area contributed by atoms with Gasteiger partial charge in [0.25, 0.3) is 0 Å². The van der Waals surface area contributed by atoms with E-state index in [0.29, 0.717) is 6.42 Å². The minimum absolute atomic E-state index is 0. The van der Waals surface area contributed by atoms with Crippen LogP contribution in [-0.4, -0.2) is 11.1 Å². The van der Waals surface area contributed by atoms with E-state index in [1.807, 2.05) is 6.07 Å². The molecule has 1 N–H and O–H groups in total. The number of hydrogen-bond donors (Lipinski definition) is 1. The molecule has 4 heteroatoms. The van der Waals surface area contributed by atoms with Gasteiger partial charge < -0.3 is 5.11 Å². The first-order valence-corrected chi connectivity index (χ1v) is 2.78.